The molecule has 4 aromatic rings. The topological polar surface area (TPSA) is 176 Å². The molecule has 0 amide bonds. The SMILES string of the molecule is Cn1ccc(S(=O)(=O)N2CC(CC#N)(n3cc(-c4ncnc5[nH]ccc45)cn3)C2)n1.O=C(O)C(F)(F)F. The standard InChI is InChI=1S/C18H17N9O2S.C2HF3O2/c1-25-7-3-15(24-25)30(28,29)26-10-18(11-26,4-5-19)27-9-13(8-23-27)16-14-2-6-20-17(14)22-12-21-16;3-2(4,5)1(6)7/h2-3,6-9,12H,4,10-11H2,1H3,(H,20,21,22);(H,6,7). The number of sulfonamides is 1. The number of nitrogens with one attached hydrogen (secondary N) is 1. The van der Waals surface area contributed by atoms with Gasteiger partial charge in [0.1, 0.15) is 17.5 Å². The maximum Gasteiger partial charge on any atom is 0.490 e. The van der Waals surface area contributed by atoms with Crippen molar-refractivity contribution in [3.63, 3.8) is 0 Å². The fourth-order valence-corrected chi connectivity index (χ4v) is 5.29. The molecule has 0 atom stereocenters. The molecule has 0 radical (unpaired) electrons. The summed E-state index contributed by atoms with van der Waals surface area (Å²) < 4.78 is 61.8. The highest BCUT2D eigenvalue weighted by Gasteiger charge is 2.51. The molecule has 0 spiro atoms. The van der Waals surface area contributed by atoms with Gasteiger partial charge in [0, 0.05) is 49.7 Å². The van der Waals surface area contributed by atoms with Crippen LogP contribution in [0.3, 0.4) is 0 Å². The number of aromatic amines is 1. The largest absolute Gasteiger partial charge is 0.490 e. The number of nitrogens with zero attached hydrogens (tertiary/aromatic N) is 8. The molecule has 1 aliphatic rings. The normalized spacial score (nSPS) is 15.4. The van der Waals surface area contributed by atoms with Crippen molar-refractivity contribution in [3.8, 4) is 17.3 Å². The van der Waals surface area contributed by atoms with Crippen LogP contribution in [-0.4, -0.2) is 77.6 Å². The van der Waals surface area contributed by atoms with Crippen LogP contribution >= 0.6 is 0 Å². The third-order valence-electron chi connectivity index (χ3n) is 5.58. The number of hydrogen-bond acceptors (Lipinski definition) is 8. The number of nitriles is 1. The molecule has 1 fully saturated rings. The summed E-state index contributed by atoms with van der Waals surface area (Å²) in [7, 11) is -2.06. The van der Waals surface area contributed by atoms with Crippen molar-refractivity contribution in [3.05, 3.63) is 43.2 Å². The van der Waals surface area contributed by atoms with Gasteiger partial charge < -0.3 is 10.1 Å². The second kappa shape index (κ2) is 9.29. The molecular weight excluding hydrogens is 519 g/mol. The van der Waals surface area contributed by atoms with Gasteiger partial charge in [-0.2, -0.15) is 32.9 Å². The lowest BCUT2D eigenvalue weighted by Crippen LogP contribution is -2.64. The predicted octanol–water partition coefficient (Wildman–Crippen LogP) is 1.50. The molecule has 194 valence electrons. The van der Waals surface area contributed by atoms with Gasteiger partial charge in [-0.25, -0.2) is 23.2 Å². The number of aliphatic carboxylic acids is 1. The van der Waals surface area contributed by atoms with Crippen LogP contribution in [0, 0.1) is 11.3 Å². The van der Waals surface area contributed by atoms with Gasteiger partial charge in [0.25, 0.3) is 10.0 Å². The lowest BCUT2D eigenvalue weighted by molar-refractivity contribution is -0.192. The summed E-state index contributed by atoms with van der Waals surface area (Å²) >= 11 is 0. The Bertz CT molecular complexity index is 1590. The first-order chi connectivity index (χ1) is 17.4. The maximum absolute atomic E-state index is 12.8. The van der Waals surface area contributed by atoms with E-state index >= 15 is 0 Å². The summed E-state index contributed by atoms with van der Waals surface area (Å²) in [5.74, 6) is -2.76. The lowest BCUT2D eigenvalue weighted by atomic mass is 9.89. The molecule has 5 rings (SSSR count). The van der Waals surface area contributed by atoms with Crippen molar-refractivity contribution in [2.45, 2.75) is 23.2 Å². The molecule has 0 bridgehead atoms. The highest BCUT2D eigenvalue weighted by Crippen LogP contribution is 2.37. The molecule has 1 saturated heterocycles. The van der Waals surface area contributed by atoms with E-state index in [2.05, 4.69) is 31.2 Å². The first-order valence-electron chi connectivity index (χ1n) is 10.4. The van der Waals surface area contributed by atoms with Crippen LogP contribution in [0.15, 0.2) is 48.3 Å². The number of carboxylic acids is 1. The van der Waals surface area contributed by atoms with Gasteiger partial charge in [0.15, 0.2) is 5.03 Å². The van der Waals surface area contributed by atoms with Gasteiger partial charge in [-0.15, -0.1) is 0 Å². The van der Waals surface area contributed by atoms with Crippen LogP contribution < -0.4 is 0 Å². The van der Waals surface area contributed by atoms with Crippen LogP contribution in [0.5, 0.6) is 0 Å². The van der Waals surface area contributed by atoms with Crippen LogP contribution in [0.1, 0.15) is 6.42 Å². The summed E-state index contributed by atoms with van der Waals surface area (Å²) in [4.78, 5) is 20.5. The van der Waals surface area contributed by atoms with E-state index in [1.54, 1.807) is 36.5 Å². The molecule has 0 aromatic carbocycles. The van der Waals surface area contributed by atoms with Crippen molar-refractivity contribution in [1.29, 1.82) is 5.26 Å². The van der Waals surface area contributed by atoms with Gasteiger partial charge in [0.2, 0.25) is 0 Å². The Kier molecular flexibility index (Phi) is 6.48. The van der Waals surface area contributed by atoms with E-state index in [1.807, 2.05) is 6.07 Å². The third kappa shape index (κ3) is 4.88. The summed E-state index contributed by atoms with van der Waals surface area (Å²) in [5.41, 5.74) is 1.47. The summed E-state index contributed by atoms with van der Waals surface area (Å²) in [5, 5.41) is 25.8. The van der Waals surface area contributed by atoms with Gasteiger partial charge in [-0.1, -0.05) is 0 Å². The minimum atomic E-state index is -5.08. The van der Waals surface area contributed by atoms with Gasteiger partial charge in [-0.3, -0.25) is 9.36 Å². The Balaban J connectivity index is 0.000000405. The molecule has 17 heteroatoms. The first kappa shape index (κ1) is 25.8. The van der Waals surface area contributed by atoms with E-state index in [9.17, 15) is 26.9 Å². The number of carboxylic acid groups (broad SMARTS) is 1. The molecule has 37 heavy (non-hydrogen) atoms. The van der Waals surface area contributed by atoms with E-state index in [-0.39, 0.29) is 24.5 Å². The summed E-state index contributed by atoms with van der Waals surface area (Å²) in [6, 6.07) is 5.51. The number of fused-ring (bicyclic) bond motifs is 1. The van der Waals surface area contributed by atoms with E-state index in [0.29, 0.717) is 0 Å². The molecule has 2 N–H and O–H groups in total. The zero-order valence-electron chi connectivity index (χ0n) is 19.0. The van der Waals surface area contributed by atoms with Crippen molar-refractivity contribution in [2.75, 3.05) is 13.1 Å². The molecule has 0 saturated carbocycles. The van der Waals surface area contributed by atoms with Crippen molar-refractivity contribution >= 4 is 27.0 Å². The summed E-state index contributed by atoms with van der Waals surface area (Å²) in [6.07, 6.45) is 3.36. The molecule has 1 aliphatic heterocycles. The van der Waals surface area contributed by atoms with E-state index in [1.165, 1.54) is 21.4 Å². The monoisotopic (exact) mass is 537 g/mol. The zero-order valence-corrected chi connectivity index (χ0v) is 19.8. The number of carbonyl (C=O) groups is 1. The molecule has 0 aliphatic carbocycles. The minimum Gasteiger partial charge on any atom is -0.475 e. The zero-order chi connectivity index (χ0) is 27.0. The molecule has 0 unspecified atom stereocenters. The smallest absolute Gasteiger partial charge is 0.475 e. The fourth-order valence-electron chi connectivity index (χ4n) is 3.74. The highest BCUT2D eigenvalue weighted by molar-refractivity contribution is 7.89. The second-order valence-corrected chi connectivity index (χ2v) is 9.98. The fraction of sp³-hybridized carbons (Fsp3) is 0.300. The number of aromatic nitrogens is 7. The van der Waals surface area contributed by atoms with E-state index in [4.69, 9.17) is 9.90 Å². The average molecular weight is 537 g/mol. The van der Waals surface area contributed by atoms with Gasteiger partial charge in [-0.05, 0) is 12.1 Å². The van der Waals surface area contributed by atoms with Gasteiger partial charge >= 0.3 is 12.1 Å². The first-order valence-corrected chi connectivity index (χ1v) is 11.8. The lowest BCUT2D eigenvalue weighted by Gasteiger charge is -2.47. The quantitative estimate of drug-likeness (QED) is 0.382. The summed E-state index contributed by atoms with van der Waals surface area (Å²) in [6.45, 7) is 0.286. The highest BCUT2D eigenvalue weighted by atomic mass is 32.2. The molecular formula is C20H18F3N9O4S. The van der Waals surface area contributed by atoms with E-state index < -0.39 is 27.7 Å². The van der Waals surface area contributed by atoms with E-state index in [0.717, 1.165) is 22.3 Å². The van der Waals surface area contributed by atoms with Crippen molar-refractivity contribution < 1.29 is 31.5 Å². The molecule has 13 nitrogen and oxygen atoms in total. The Labute approximate surface area is 206 Å². The number of rotatable bonds is 5. The maximum atomic E-state index is 12.8. The second-order valence-electron chi connectivity index (χ2n) is 8.10. The Morgan fingerprint density at radius 3 is 2.59 bits per heavy atom. The number of halogens is 3. The van der Waals surface area contributed by atoms with Crippen LogP contribution in [0.25, 0.3) is 22.3 Å². The third-order valence-corrected chi connectivity index (χ3v) is 7.27. The minimum absolute atomic E-state index is 0.00690. The number of H-pyrrole nitrogens is 1. The number of alkyl halides is 3. The molecule has 4 aromatic heterocycles. The number of hydrogen-bond donors (Lipinski definition) is 2. The van der Waals surface area contributed by atoms with Crippen LogP contribution in [-0.2, 0) is 27.4 Å². The Hall–Kier alpha value is -4.30. The predicted molar refractivity (Wildman–Crippen MR) is 119 cm³/mol. The van der Waals surface area contributed by atoms with Gasteiger partial charge in [0.05, 0.1) is 24.4 Å². The average Bonchev–Trinajstić information content (AvgIpc) is 3.56. The Morgan fingerprint density at radius 1 is 1.30 bits per heavy atom. The van der Waals surface area contributed by atoms with Crippen LogP contribution in [0.4, 0.5) is 13.2 Å². The molecule has 5 heterocycles. The van der Waals surface area contributed by atoms with Crippen molar-refractivity contribution in [2.24, 2.45) is 7.05 Å². The number of aryl methyl sites for hydroxylation is 1. The van der Waals surface area contributed by atoms with Crippen molar-refractivity contribution in [1.82, 2.24) is 38.8 Å². The Morgan fingerprint density at radius 2 is 2.00 bits per heavy atom. The van der Waals surface area contributed by atoms with Crippen LogP contribution in [0.2, 0.25) is 0 Å².